The van der Waals surface area contributed by atoms with E-state index in [1.54, 1.807) is 0 Å². The molecule has 84 valence electrons. The second-order valence-corrected chi connectivity index (χ2v) is 5.22. The summed E-state index contributed by atoms with van der Waals surface area (Å²) in [6, 6.07) is 0. The predicted octanol–water partition coefficient (Wildman–Crippen LogP) is -1.09. The van der Waals surface area contributed by atoms with Gasteiger partial charge in [0.25, 0.3) is 0 Å². The van der Waals surface area contributed by atoms with Gasteiger partial charge in [-0.25, -0.2) is 17.3 Å². The molecule has 0 aromatic heterocycles. The molecular weight excluding hydrogens is 234 g/mol. The second kappa shape index (κ2) is 5.41. The molecule has 14 heavy (non-hydrogen) atoms. The average molecular weight is 245 g/mol. The summed E-state index contributed by atoms with van der Waals surface area (Å²) in [5.41, 5.74) is 0. The maximum Gasteiger partial charge on any atom is 0.397 e. The lowest BCUT2D eigenvalue weighted by Crippen LogP contribution is -2.28. The van der Waals surface area contributed by atoms with E-state index in [9.17, 15) is 16.8 Å². The SMILES string of the molecule is C=CCNS(=O)(=O)CCOS(=O)(=O)O. The lowest BCUT2D eigenvalue weighted by molar-refractivity contribution is 0.283. The molecule has 0 aliphatic rings. The van der Waals surface area contributed by atoms with Gasteiger partial charge in [-0.2, -0.15) is 8.42 Å². The van der Waals surface area contributed by atoms with Crippen molar-refractivity contribution in [3.63, 3.8) is 0 Å². The minimum Gasteiger partial charge on any atom is -0.264 e. The third kappa shape index (κ3) is 8.13. The van der Waals surface area contributed by atoms with E-state index in [4.69, 9.17) is 4.55 Å². The number of nitrogens with one attached hydrogen (secondary N) is 1. The Morgan fingerprint density at radius 2 is 1.93 bits per heavy atom. The summed E-state index contributed by atoms with van der Waals surface area (Å²) in [7, 11) is -8.17. The molecule has 0 amide bonds. The van der Waals surface area contributed by atoms with Crippen molar-refractivity contribution in [1.29, 1.82) is 0 Å². The Balaban J connectivity index is 3.95. The van der Waals surface area contributed by atoms with Gasteiger partial charge in [0.1, 0.15) is 0 Å². The summed E-state index contributed by atoms with van der Waals surface area (Å²) in [6.07, 6.45) is 1.33. The van der Waals surface area contributed by atoms with E-state index in [-0.39, 0.29) is 6.54 Å². The third-order valence-electron chi connectivity index (χ3n) is 1.03. The molecule has 0 saturated carbocycles. The maximum atomic E-state index is 11.0. The Morgan fingerprint density at radius 3 is 2.36 bits per heavy atom. The van der Waals surface area contributed by atoms with Gasteiger partial charge in [0, 0.05) is 6.54 Å². The van der Waals surface area contributed by atoms with Gasteiger partial charge in [-0.15, -0.1) is 6.58 Å². The van der Waals surface area contributed by atoms with Crippen LogP contribution < -0.4 is 4.72 Å². The smallest absolute Gasteiger partial charge is 0.264 e. The highest BCUT2D eigenvalue weighted by molar-refractivity contribution is 7.89. The molecule has 0 atom stereocenters. The van der Waals surface area contributed by atoms with E-state index in [2.05, 4.69) is 15.5 Å². The molecule has 0 fully saturated rings. The molecule has 0 aliphatic carbocycles. The van der Waals surface area contributed by atoms with Crippen LogP contribution in [0.2, 0.25) is 0 Å². The van der Waals surface area contributed by atoms with Gasteiger partial charge >= 0.3 is 10.4 Å². The van der Waals surface area contributed by atoms with Crippen LogP contribution in [0, 0.1) is 0 Å². The van der Waals surface area contributed by atoms with Gasteiger partial charge in [0.05, 0.1) is 12.4 Å². The zero-order valence-corrected chi connectivity index (χ0v) is 8.84. The molecule has 0 unspecified atom stereocenters. The summed E-state index contributed by atoms with van der Waals surface area (Å²) >= 11 is 0. The first-order valence-corrected chi connectivity index (χ1v) is 6.48. The van der Waals surface area contributed by atoms with Crippen LogP contribution >= 0.6 is 0 Å². The van der Waals surface area contributed by atoms with E-state index in [0.717, 1.165) is 0 Å². The molecule has 9 heteroatoms. The molecule has 0 aromatic carbocycles. The zero-order valence-electron chi connectivity index (χ0n) is 7.21. The molecule has 0 radical (unpaired) electrons. The van der Waals surface area contributed by atoms with Crippen molar-refractivity contribution in [3.8, 4) is 0 Å². The van der Waals surface area contributed by atoms with E-state index in [1.165, 1.54) is 6.08 Å². The summed E-state index contributed by atoms with van der Waals surface area (Å²) in [4.78, 5) is 0. The quantitative estimate of drug-likeness (QED) is 0.435. The van der Waals surface area contributed by atoms with Crippen LogP contribution in [0.1, 0.15) is 0 Å². The van der Waals surface area contributed by atoms with Crippen LogP contribution in [0.25, 0.3) is 0 Å². The molecule has 0 aromatic rings. The van der Waals surface area contributed by atoms with Crippen LogP contribution in [0.15, 0.2) is 12.7 Å². The van der Waals surface area contributed by atoms with Gasteiger partial charge in [0.2, 0.25) is 10.0 Å². The minimum atomic E-state index is -4.58. The Bertz CT molecular complexity index is 369. The minimum absolute atomic E-state index is 0.0498. The van der Waals surface area contributed by atoms with E-state index in [0.29, 0.717) is 0 Å². The van der Waals surface area contributed by atoms with Crippen molar-refractivity contribution >= 4 is 20.4 Å². The topological polar surface area (TPSA) is 110 Å². The van der Waals surface area contributed by atoms with Crippen molar-refractivity contribution in [2.75, 3.05) is 18.9 Å². The highest BCUT2D eigenvalue weighted by Crippen LogP contribution is 1.89. The maximum absolute atomic E-state index is 11.0. The molecule has 2 N–H and O–H groups in total. The predicted molar refractivity (Wildman–Crippen MR) is 49.5 cm³/mol. The Labute approximate surface area is 82.8 Å². The Hall–Kier alpha value is -0.480. The zero-order chi connectivity index (χ0) is 11.2. The van der Waals surface area contributed by atoms with Crippen molar-refractivity contribution in [1.82, 2.24) is 4.72 Å². The standard InChI is InChI=1S/C5H11NO6S2/c1-2-3-6-13(7,8)5-4-12-14(9,10)11/h2,6H,1,3-5H2,(H,9,10,11). The summed E-state index contributed by atoms with van der Waals surface area (Å²) in [5.74, 6) is -0.555. The molecule has 0 rings (SSSR count). The molecule has 7 nitrogen and oxygen atoms in total. The first-order chi connectivity index (χ1) is 6.27. The summed E-state index contributed by atoms with van der Waals surface area (Å²) in [6.45, 7) is 2.71. The van der Waals surface area contributed by atoms with Crippen molar-refractivity contribution in [3.05, 3.63) is 12.7 Å². The monoisotopic (exact) mass is 245 g/mol. The first kappa shape index (κ1) is 13.5. The summed E-state index contributed by atoms with van der Waals surface area (Å²) in [5, 5.41) is 0. The van der Waals surface area contributed by atoms with Crippen molar-refractivity contribution in [2.24, 2.45) is 0 Å². The lowest BCUT2D eigenvalue weighted by Gasteiger charge is -2.03. The Kier molecular flexibility index (Phi) is 5.23. The third-order valence-corrected chi connectivity index (χ3v) is 2.81. The average Bonchev–Trinajstić information content (AvgIpc) is 1.98. The van der Waals surface area contributed by atoms with Crippen LogP contribution in [0.3, 0.4) is 0 Å². The van der Waals surface area contributed by atoms with Crippen molar-refractivity contribution < 1.29 is 25.6 Å². The largest absolute Gasteiger partial charge is 0.397 e. The highest BCUT2D eigenvalue weighted by atomic mass is 32.3. The molecule has 0 heterocycles. The van der Waals surface area contributed by atoms with Gasteiger partial charge in [-0.3, -0.25) is 4.55 Å². The fourth-order valence-electron chi connectivity index (χ4n) is 0.507. The molecule has 0 saturated heterocycles. The fraction of sp³-hybridized carbons (Fsp3) is 0.600. The molecule has 0 bridgehead atoms. The number of rotatable bonds is 7. The van der Waals surface area contributed by atoms with E-state index < -0.39 is 32.8 Å². The van der Waals surface area contributed by atoms with Gasteiger partial charge in [-0.05, 0) is 0 Å². The molecule has 0 aliphatic heterocycles. The number of hydrogen-bond donors (Lipinski definition) is 2. The normalized spacial score (nSPS) is 12.6. The van der Waals surface area contributed by atoms with Gasteiger partial charge in [0.15, 0.2) is 0 Å². The highest BCUT2D eigenvalue weighted by Gasteiger charge is 2.11. The fourth-order valence-corrected chi connectivity index (χ4v) is 1.73. The van der Waals surface area contributed by atoms with Crippen LogP contribution in [0.5, 0.6) is 0 Å². The Morgan fingerprint density at radius 1 is 1.36 bits per heavy atom. The molecular formula is C5H11NO6S2. The van der Waals surface area contributed by atoms with Gasteiger partial charge < -0.3 is 0 Å². The lowest BCUT2D eigenvalue weighted by atomic mass is 10.7. The first-order valence-electron chi connectivity index (χ1n) is 3.47. The van der Waals surface area contributed by atoms with Crippen LogP contribution in [-0.2, 0) is 24.6 Å². The number of sulfonamides is 1. The van der Waals surface area contributed by atoms with Gasteiger partial charge in [-0.1, -0.05) is 6.08 Å². The van der Waals surface area contributed by atoms with Crippen LogP contribution in [0.4, 0.5) is 0 Å². The molecule has 0 spiro atoms. The summed E-state index contributed by atoms with van der Waals surface area (Å²) < 4.78 is 56.0. The van der Waals surface area contributed by atoms with Crippen LogP contribution in [-0.4, -0.2) is 40.3 Å². The van der Waals surface area contributed by atoms with Crippen molar-refractivity contribution in [2.45, 2.75) is 0 Å². The number of hydrogen-bond acceptors (Lipinski definition) is 5. The van der Waals surface area contributed by atoms with E-state index >= 15 is 0 Å². The second-order valence-electron chi connectivity index (χ2n) is 2.21. The van der Waals surface area contributed by atoms with E-state index in [1.807, 2.05) is 0 Å².